The molecule has 7 nitrogen and oxygen atoms in total. The van der Waals surface area contributed by atoms with E-state index in [1.807, 2.05) is 43.3 Å². The fraction of sp³-hybridized carbons (Fsp3) is 0.417. The average Bonchev–Trinajstić information content (AvgIpc) is 3.03. The Bertz CT molecular complexity index is 1120. The monoisotopic (exact) mass is 422 g/mol. The third-order valence-electron chi connectivity index (χ3n) is 5.76. The van der Waals surface area contributed by atoms with Crippen LogP contribution in [0.4, 0.5) is 0 Å². The van der Waals surface area contributed by atoms with Gasteiger partial charge in [0, 0.05) is 32.7 Å². The Hall–Kier alpha value is -2.90. The SMILES string of the molecule is CCn1c(=O)n(CC(=O)NCc2cccc(CN3CCOC(C)C3)c2)c2ccccc21. The molecule has 1 aliphatic heterocycles. The van der Waals surface area contributed by atoms with E-state index in [4.69, 9.17) is 4.74 Å². The van der Waals surface area contributed by atoms with Crippen LogP contribution in [-0.4, -0.2) is 45.7 Å². The Morgan fingerprint density at radius 2 is 1.84 bits per heavy atom. The van der Waals surface area contributed by atoms with Crippen molar-refractivity contribution in [1.29, 1.82) is 0 Å². The highest BCUT2D eigenvalue weighted by molar-refractivity contribution is 5.80. The standard InChI is InChI=1S/C24H30N4O3/c1-3-27-21-9-4-5-10-22(21)28(24(27)30)17-23(29)25-14-19-7-6-8-20(13-19)16-26-11-12-31-18(2)15-26/h4-10,13,18H,3,11-12,14-17H2,1-2H3,(H,25,29). The molecule has 7 heteroatoms. The summed E-state index contributed by atoms with van der Waals surface area (Å²) >= 11 is 0. The number of imidazole rings is 1. The number of amides is 1. The molecule has 1 saturated heterocycles. The van der Waals surface area contributed by atoms with Gasteiger partial charge in [-0.15, -0.1) is 0 Å². The predicted octanol–water partition coefficient (Wildman–Crippen LogP) is 2.36. The van der Waals surface area contributed by atoms with Gasteiger partial charge in [-0.05, 0) is 37.1 Å². The molecule has 164 valence electrons. The number of rotatable bonds is 7. The summed E-state index contributed by atoms with van der Waals surface area (Å²) in [5.74, 6) is -0.173. The highest BCUT2D eigenvalue weighted by Crippen LogP contribution is 2.14. The molecule has 0 spiro atoms. The Morgan fingerprint density at radius 1 is 1.10 bits per heavy atom. The van der Waals surface area contributed by atoms with Gasteiger partial charge in [-0.25, -0.2) is 4.79 Å². The molecule has 0 radical (unpaired) electrons. The number of aryl methyl sites for hydroxylation is 1. The van der Waals surface area contributed by atoms with Crippen LogP contribution in [-0.2, 0) is 35.7 Å². The number of hydrogen-bond donors (Lipinski definition) is 1. The lowest BCUT2D eigenvalue weighted by Crippen LogP contribution is -2.40. The molecule has 2 heterocycles. The van der Waals surface area contributed by atoms with Crippen LogP contribution in [0.2, 0.25) is 0 Å². The minimum absolute atomic E-state index is 0.0116. The van der Waals surface area contributed by atoms with Gasteiger partial charge in [-0.1, -0.05) is 36.4 Å². The van der Waals surface area contributed by atoms with Crippen LogP contribution in [0.3, 0.4) is 0 Å². The number of aromatic nitrogens is 2. The maximum Gasteiger partial charge on any atom is 0.329 e. The van der Waals surface area contributed by atoms with Crippen molar-refractivity contribution < 1.29 is 9.53 Å². The second-order valence-electron chi connectivity index (χ2n) is 8.11. The maximum absolute atomic E-state index is 12.7. The van der Waals surface area contributed by atoms with Crippen LogP contribution in [0.5, 0.6) is 0 Å². The second kappa shape index (κ2) is 9.49. The number of morpholine rings is 1. The summed E-state index contributed by atoms with van der Waals surface area (Å²) in [5.41, 5.74) is 3.76. The number of carbonyl (C=O) groups is 1. The molecule has 4 rings (SSSR count). The van der Waals surface area contributed by atoms with Gasteiger partial charge in [0.2, 0.25) is 5.91 Å². The first-order valence-electron chi connectivity index (χ1n) is 10.9. The van der Waals surface area contributed by atoms with Crippen molar-refractivity contribution in [2.45, 2.75) is 46.1 Å². The van der Waals surface area contributed by atoms with Crippen molar-refractivity contribution in [3.63, 3.8) is 0 Å². The number of carbonyl (C=O) groups excluding carboxylic acids is 1. The van der Waals surface area contributed by atoms with E-state index in [0.717, 1.165) is 42.8 Å². The molecule has 1 fully saturated rings. The van der Waals surface area contributed by atoms with Crippen molar-refractivity contribution in [3.8, 4) is 0 Å². The molecular formula is C24H30N4O3. The topological polar surface area (TPSA) is 68.5 Å². The summed E-state index contributed by atoms with van der Waals surface area (Å²) in [7, 11) is 0. The van der Waals surface area contributed by atoms with Crippen LogP contribution < -0.4 is 11.0 Å². The molecule has 2 aromatic carbocycles. The number of benzene rings is 2. The summed E-state index contributed by atoms with van der Waals surface area (Å²) in [6.07, 6.45) is 0.262. The van der Waals surface area contributed by atoms with Gasteiger partial charge in [0.25, 0.3) is 0 Å². The smallest absolute Gasteiger partial charge is 0.329 e. The molecule has 0 aliphatic carbocycles. The van der Waals surface area contributed by atoms with E-state index < -0.39 is 0 Å². The van der Waals surface area contributed by atoms with Crippen LogP contribution in [0.1, 0.15) is 25.0 Å². The number of hydrogen-bond acceptors (Lipinski definition) is 4. The van der Waals surface area contributed by atoms with E-state index in [2.05, 4.69) is 29.3 Å². The van der Waals surface area contributed by atoms with Gasteiger partial charge < -0.3 is 10.1 Å². The highest BCUT2D eigenvalue weighted by atomic mass is 16.5. The van der Waals surface area contributed by atoms with Crippen LogP contribution in [0.25, 0.3) is 11.0 Å². The lowest BCUT2D eigenvalue weighted by Gasteiger charge is -2.31. The quantitative estimate of drug-likeness (QED) is 0.635. The average molecular weight is 423 g/mol. The molecule has 1 aromatic heterocycles. The first-order chi connectivity index (χ1) is 15.0. The molecule has 31 heavy (non-hydrogen) atoms. The number of nitrogens with one attached hydrogen (secondary N) is 1. The Kier molecular flexibility index (Phi) is 6.53. The molecule has 1 aliphatic rings. The van der Waals surface area contributed by atoms with Gasteiger partial charge >= 0.3 is 5.69 Å². The summed E-state index contributed by atoms with van der Waals surface area (Å²) in [4.78, 5) is 27.7. The molecule has 1 amide bonds. The van der Waals surface area contributed by atoms with Crippen molar-refractivity contribution in [1.82, 2.24) is 19.4 Å². The van der Waals surface area contributed by atoms with E-state index >= 15 is 0 Å². The minimum Gasteiger partial charge on any atom is -0.376 e. The minimum atomic E-state index is -0.173. The number of fused-ring (bicyclic) bond motifs is 1. The van der Waals surface area contributed by atoms with Crippen molar-refractivity contribution >= 4 is 16.9 Å². The molecule has 3 aromatic rings. The normalized spacial score (nSPS) is 17.2. The predicted molar refractivity (Wildman–Crippen MR) is 121 cm³/mol. The van der Waals surface area contributed by atoms with Crippen LogP contribution >= 0.6 is 0 Å². The first kappa shape index (κ1) is 21.3. The zero-order chi connectivity index (χ0) is 21.8. The highest BCUT2D eigenvalue weighted by Gasteiger charge is 2.17. The molecule has 0 bridgehead atoms. The zero-order valence-corrected chi connectivity index (χ0v) is 18.2. The number of para-hydroxylation sites is 2. The Morgan fingerprint density at radius 3 is 2.58 bits per heavy atom. The summed E-state index contributed by atoms with van der Waals surface area (Å²) < 4.78 is 8.85. The summed E-state index contributed by atoms with van der Waals surface area (Å²) in [6, 6.07) is 15.9. The third-order valence-corrected chi connectivity index (χ3v) is 5.76. The van der Waals surface area contributed by atoms with E-state index in [1.54, 1.807) is 9.13 Å². The van der Waals surface area contributed by atoms with Crippen molar-refractivity contribution in [2.75, 3.05) is 19.7 Å². The van der Waals surface area contributed by atoms with Crippen LogP contribution in [0.15, 0.2) is 53.3 Å². The molecule has 1 atom stereocenters. The second-order valence-corrected chi connectivity index (χ2v) is 8.11. The molecular weight excluding hydrogens is 392 g/mol. The third kappa shape index (κ3) is 4.89. The Labute approximate surface area is 182 Å². The Balaban J connectivity index is 1.39. The lowest BCUT2D eigenvalue weighted by atomic mass is 10.1. The molecule has 1 N–H and O–H groups in total. The summed E-state index contributed by atoms with van der Waals surface area (Å²) in [5, 5.41) is 2.96. The van der Waals surface area contributed by atoms with E-state index in [9.17, 15) is 9.59 Å². The van der Waals surface area contributed by atoms with Crippen LogP contribution in [0, 0.1) is 0 Å². The zero-order valence-electron chi connectivity index (χ0n) is 18.2. The number of nitrogens with zero attached hydrogens (tertiary/aromatic N) is 3. The summed E-state index contributed by atoms with van der Waals surface area (Å²) in [6.45, 7) is 8.57. The van der Waals surface area contributed by atoms with Gasteiger partial charge in [0.05, 0.1) is 23.7 Å². The maximum atomic E-state index is 12.7. The van der Waals surface area contributed by atoms with E-state index in [0.29, 0.717) is 13.1 Å². The van der Waals surface area contributed by atoms with Crippen molar-refractivity contribution in [2.24, 2.45) is 0 Å². The van der Waals surface area contributed by atoms with E-state index in [-0.39, 0.29) is 24.2 Å². The van der Waals surface area contributed by atoms with Gasteiger partial charge in [-0.3, -0.25) is 18.8 Å². The first-order valence-corrected chi connectivity index (χ1v) is 10.9. The van der Waals surface area contributed by atoms with Gasteiger partial charge in [-0.2, -0.15) is 0 Å². The molecule has 1 unspecified atom stereocenters. The fourth-order valence-corrected chi connectivity index (χ4v) is 4.26. The van der Waals surface area contributed by atoms with E-state index in [1.165, 1.54) is 5.56 Å². The molecule has 0 saturated carbocycles. The number of ether oxygens (including phenoxy) is 1. The van der Waals surface area contributed by atoms with Gasteiger partial charge in [0.15, 0.2) is 0 Å². The fourth-order valence-electron chi connectivity index (χ4n) is 4.26. The van der Waals surface area contributed by atoms with Gasteiger partial charge in [0.1, 0.15) is 6.54 Å². The van der Waals surface area contributed by atoms with Crippen molar-refractivity contribution in [3.05, 3.63) is 70.1 Å². The lowest BCUT2D eigenvalue weighted by molar-refractivity contribution is -0.121. The largest absolute Gasteiger partial charge is 0.376 e.